The summed E-state index contributed by atoms with van der Waals surface area (Å²) in [6.45, 7) is 3.44. The van der Waals surface area contributed by atoms with Crippen LogP contribution in [0.1, 0.15) is 33.2 Å². The van der Waals surface area contributed by atoms with Crippen molar-refractivity contribution in [3.8, 4) is 0 Å². The molecule has 0 radical (unpaired) electrons. The van der Waals surface area contributed by atoms with Crippen molar-refractivity contribution in [2.75, 3.05) is 10.6 Å². The fourth-order valence-electron chi connectivity index (χ4n) is 2.53. The third-order valence-electron chi connectivity index (χ3n) is 4.01. The van der Waals surface area contributed by atoms with E-state index >= 15 is 0 Å². The van der Waals surface area contributed by atoms with E-state index in [0.29, 0.717) is 27.7 Å². The van der Waals surface area contributed by atoms with Gasteiger partial charge in [0.05, 0.1) is 0 Å². The molecule has 3 aromatic rings. The zero-order valence-corrected chi connectivity index (χ0v) is 15.7. The quantitative estimate of drug-likeness (QED) is 0.594. The van der Waals surface area contributed by atoms with Crippen LogP contribution in [0.2, 0.25) is 5.02 Å². The topological polar surface area (TPSA) is 71.1 Å². The molecule has 0 aliphatic rings. The van der Waals surface area contributed by atoms with Gasteiger partial charge in [-0.3, -0.25) is 9.59 Å². The molecule has 27 heavy (non-hydrogen) atoms. The van der Waals surface area contributed by atoms with Gasteiger partial charge in [-0.1, -0.05) is 29.8 Å². The summed E-state index contributed by atoms with van der Waals surface area (Å²) < 4.78 is 0. The standard InChI is InChI=1S/C21H18ClN3O2/c1-13-6-7-17(22)12-19(13)25-20-11-16(8-9-23-20)21(27)24-18-5-3-4-15(10-18)14(2)26/h3-12H,1-2H3,(H,23,25)(H,24,27). The Hall–Kier alpha value is -3.18. The van der Waals surface area contributed by atoms with E-state index in [4.69, 9.17) is 11.6 Å². The number of aromatic nitrogens is 1. The molecule has 2 N–H and O–H groups in total. The van der Waals surface area contributed by atoms with E-state index in [9.17, 15) is 9.59 Å². The zero-order chi connectivity index (χ0) is 19.4. The molecule has 0 unspecified atom stereocenters. The van der Waals surface area contributed by atoms with Gasteiger partial charge in [0.1, 0.15) is 5.82 Å². The Balaban J connectivity index is 1.78. The van der Waals surface area contributed by atoms with Crippen molar-refractivity contribution >= 4 is 40.5 Å². The summed E-state index contributed by atoms with van der Waals surface area (Å²) in [5, 5.41) is 6.59. The number of anilines is 3. The summed E-state index contributed by atoms with van der Waals surface area (Å²) in [5.41, 5.74) is 3.38. The van der Waals surface area contributed by atoms with E-state index in [0.717, 1.165) is 11.3 Å². The molecule has 0 atom stereocenters. The van der Waals surface area contributed by atoms with Gasteiger partial charge in [-0.15, -0.1) is 0 Å². The van der Waals surface area contributed by atoms with Gasteiger partial charge in [0, 0.05) is 33.7 Å². The fourth-order valence-corrected chi connectivity index (χ4v) is 2.70. The number of carbonyl (C=O) groups excluding carboxylic acids is 2. The number of ketones is 1. The summed E-state index contributed by atoms with van der Waals surface area (Å²) in [7, 11) is 0. The van der Waals surface area contributed by atoms with Gasteiger partial charge in [0.2, 0.25) is 0 Å². The first-order valence-electron chi connectivity index (χ1n) is 8.34. The lowest BCUT2D eigenvalue weighted by Crippen LogP contribution is -2.13. The maximum atomic E-state index is 12.5. The molecular formula is C21H18ClN3O2. The van der Waals surface area contributed by atoms with Crippen molar-refractivity contribution in [2.24, 2.45) is 0 Å². The summed E-state index contributed by atoms with van der Waals surface area (Å²) in [6, 6.07) is 15.6. The van der Waals surface area contributed by atoms with Crippen LogP contribution in [0.15, 0.2) is 60.8 Å². The Morgan fingerprint density at radius 1 is 1.00 bits per heavy atom. The van der Waals surface area contributed by atoms with Crippen molar-refractivity contribution in [2.45, 2.75) is 13.8 Å². The normalized spacial score (nSPS) is 10.3. The predicted octanol–water partition coefficient (Wildman–Crippen LogP) is 5.24. The van der Waals surface area contributed by atoms with E-state index in [2.05, 4.69) is 15.6 Å². The number of nitrogens with zero attached hydrogens (tertiary/aromatic N) is 1. The Morgan fingerprint density at radius 3 is 2.59 bits per heavy atom. The molecule has 0 saturated heterocycles. The molecule has 0 saturated carbocycles. The maximum Gasteiger partial charge on any atom is 0.255 e. The van der Waals surface area contributed by atoms with E-state index in [1.54, 1.807) is 48.7 Å². The molecule has 0 bridgehead atoms. The van der Waals surface area contributed by atoms with Crippen LogP contribution in [0.4, 0.5) is 17.2 Å². The second kappa shape index (κ2) is 8.01. The largest absolute Gasteiger partial charge is 0.340 e. The van der Waals surface area contributed by atoms with Gasteiger partial charge in [0.25, 0.3) is 5.91 Å². The molecule has 1 heterocycles. The first-order valence-corrected chi connectivity index (χ1v) is 8.72. The fraction of sp³-hybridized carbons (Fsp3) is 0.0952. The average Bonchev–Trinajstić information content (AvgIpc) is 2.65. The van der Waals surface area contributed by atoms with Crippen molar-refractivity contribution < 1.29 is 9.59 Å². The first-order chi connectivity index (χ1) is 12.9. The SMILES string of the molecule is CC(=O)c1cccc(NC(=O)c2ccnc(Nc3cc(Cl)ccc3C)c2)c1. The number of pyridine rings is 1. The highest BCUT2D eigenvalue weighted by Crippen LogP contribution is 2.24. The predicted molar refractivity (Wildman–Crippen MR) is 108 cm³/mol. The number of benzene rings is 2. The van der Waals surface area contributed by atoms with E-state index in [1.807, 2.05) is 19.1 Å². The Bertz CT molecular complexity index is 1020. The van der Waals surface area contributed by atoms with Crippen molar-refractivity contribution in [1.29, 1.82) is 0 Å². The minimum atomic E-state index is -0.288. The third-order valence-corrected chi connectivity index (χ3v) is 4.25. The molecule has 3 rings (SSSR count). The minimum Gasteiger partial charge on any atom is -0.340 e. The van der Waals surface area contributed by atoms with Crippen molar-refractivity contribution in [1.82, 2.24) is 4.98 Å². The number of amides is 1. The van der Waals surface area contributed by atoms with Gasteiger partial charge in [-0.2, -0.15) is 0 Å². The van der Waals surface area contributed by atoms with E-state index in [1.165, 1.54) is 6.92 Å². The van der Waals surface area contributed by atoms with Crippen LogP contribution in [0.5, 0.6) is 0 Å². The Labute approximate surface area is 162 Å². The van der Waals surface area contributed by atoms with Crippen LogP contribution < -0.4 is 10.6 Å². The van der Waals surface area contributed by atoms with Gasteiger partial charge in [0.15, 0.2) is 5.78 Å². The summed E-state index contributed by atoms with van der Waals surface area (Å²) in [5.74, 6) is 0.188. The van der Waals surface area contributed by atoms with Crippen LogP contribution in [-0.4, -0.2) is 16.7 Å². The van der Waals surface area contributed by atoms with Crippen LogP contribution in [0, 0.1) is 6.92 Å². The molecule has 2 aromatic carbocycles. The van der Waals surface area contributed by atoms with E-state index < -0.39 is 0 Å². The molecule has 6 heteroatoms. The molecule has 1 aromatic heterocycles. The van der Waals surface area contributed by atoms with Gasteiger partial charge in [-0.25, -0.2) is 4.98 Å². The average molecular weight is 380 g/mol. The number of aryl methyl sites for hydroxylation is 1. The van der Waals surface area contributed by atoms with Crippen LogP contribution >= 0.6 is 11.6 Å². The molecule has 1 amide bonds. The molecule has 0 aliphatic heterocycles. The highest BCUT2D eigenvalue weighted by molar-refractivity contribution is 6.30. The highest BCUT2D eigenvalue weighted by Gasteiger charge is 2.10. The summed E-state index contributed by atoms with van der Waals surface area (Å²) >= 11 is 6.04. The monoisotopic (exact) mass is 379 g/mol. The molecule has 0 aliphatic carbocycles. The number of rotatable bonds is 5. The molecule has 5 nitrogen and oxygen atoms in total. The van der Waals surface area contributed by atoms with Gasteiger partial charge in [-0.05, 0) is 55.8 Å². The molecular weight excluding hydrogens is 362 g/mol. The van der Waals surface area contributed by atoms with Gasteiger partial charge < -0.3 is 10.6 Å². The lowest BCUT2D eigenvalue weighted by atomic mass is 10.1. The summed E-state index contributed by atoms with van der Waals surface area (Å²) in [6.07, 6.45) is 1.56. The third kappa shape index (κ3) is 4.71. The van der Waals surface area contributed by atoms with E-state index in [-0.39, 0.29) is 11.7 Å². The van der Waals surface area contributed by atoms with Crippen LogP contribution in [0.3, 0.4) is 0 Å². The van der Waals surface area contributed by atoms with Crippen LogP contribution in [0.25, 0.3) is 0 Å². The van der Waals surface area contributed by atoms with Crippen LogP contribution in [-0.2, 0) is 0 Å². The summed E-state index contributed by atoms with van der Waals surface area (Å²) in [4.78, 5) is 28.3. The molecule has 0 fully saturated rings. The highest BCUT2D eigenvalue weighted by atomic mass is 35.5. The van der Waals surface area contributed by atoms with Gasteiger partial charge >= 0.3 is 0 Å². The number of carbonyl (C=O) groups is 2. The second-order valence-corrected chi connectivity index (χ2v) is 6.54. The minimum absolute atomic E-state index is 0.0570. The Kier molecular flexibility index (Phi) is 5.52. The lowest BCUT2D eigenvalue weighted by molar-refractivity contribution is 0.101. The molecule has 136 valence electrons. The number of nitrogens with one attached hydrogen (secondary N) is 2. The Morgan fingerprint density at radius 2 is 1.81 bits per heavy atom. The smallest absolute Gasteiger partial charge is 0.255 e. The van der Waals surface area contributed by atoms with Crippen molar-refractivity contribution in [3.63, 3.8) is 0 Å². The molecule has 0 spiro atoms. The number of hydrogen-bond donors (Lipinski definition) is 2. The number of halogens is 1. The lowest BCUT2D eigenvalue weighted by Gasteiger charge is -2.11. The zero-order valence-electron chi connectivity index (χ0n) is 14.9. The number of Topliss-reactive ketones (excluding diaryl/α,β-unsaturated/α-hetero) is 1. The first kappa shape index (κ1) is 18.6. The van der Waals surface area contributed by atoms with Crippen molar-refractivity contribution in [3.05, 3.63) is 82.5 Å². The maximum absolute atomic E-state index is 12.5. The second-order valence-electron chi connectivity index (χ2n) is 6.11. The number of hydrogen-bond acceptors (Lipinski definition) is 4.